The van der Waals surface area contributed by atoms with Gasteiger partial charge < -0.3 is 26.6 Å². The van der Waals surface area contributed by atoms with Gasteiger partial charge >= 0.3 is 0 Å². The summed E-state index contributed by atoms with van der Waals surface area (Å²) in [5, 5.41) is 12.5. The molecular weight excluding hydrogens is 1010 g/mol. The molecule has 1 aliphatic carbocycles. The number of aromatic nitrogens is 2. The zero-order chi connectivity index (χ0) is 52.6. The van der Waals surface area contributed by atoms with Crippen molar-refractivity contribution in [2.24, 2.45) is 17.8 Å². The van der Waals surface area contributed by atoms with Crippen LogP contribution in [0.1, 0.15) is 113 Å². The predicted molar refractivity (Wildman–Crippen MR) is 260 cm³/mol. The Bertz CT molecular complexity index is 2670. The lowest BCUT2D eigenvalue weighted by atomic mass is 9.84. The zero-order valence-corrected chi connectivity index (χ0v) is 42.9. The Morgan fingerprint density at radius 2 is 1.32 bits per heavy atom. The third-order valence-corrected chi connectivity index (χ3v) is 14.7. The summed E-state index contributed by atoms with van der Waals surface area (Å²) in [4.78, 5) is 113. The lowest BCUT2D eigenvalue weighted by molar-refractivity contribution is -0.141. The quantitative estimate of drug-likeness (QED) is 0.0635. The van der Waals surface area contributed by atoms with Crippen molar-refractivity contribution in [3.63, 3.8) is 0 Å². The van der Waals surface area contributed by atoms with Crippen molar-refractivity contribution in [3.8, 4) is 0 Å². The minimum atomic E-state index is -4.88. The van der Waals surface area contributed by atoms with Crippen LogP contribution in [-0.2, 0) is 48.8 Å². The number of ketones is 1. The average Bonchev–Trinajstić information content (AvgIpc) is 3.32. The number of amides is 7. The molecule has 1 saturated carbocycles. The molecule has 5 atom stereocenters. The van der Waals surface area contributed by atoms with Gasteiger partial charge in [-0.1, -0.05) is 102 Å². The van der Waals surface area contributed by atoms with Gasteiger partial charge in [-0.2, -0.15) is 0 Å². The number of sulfonamides is 2. The predicted octanol–water partition coefficient (Wildman–Crippen LogP) is 3.12. The van der Waals surface area contributed by atoms with E-state index in [0.29, 0.717) is 12.5 Å². The van der Waals surface area contributed by atoms with E-state index in [4.69, 9.17) is 23.2 Å². The SMILES string of the molecule is CCC(NC(=O)C(CC1CCCCC1)NC(=O)C(NC(=O)C(CC(C)C)NC(=O)c1cnccn1)C(C)CC)C(=O)C(=O)NCC(=O)NS(=O)(=O)c1cc(Cl)cc(S(=O)(=O)NC(=O)c2cccc(Cl)c2)c1. The van der Waals surface area contributed by atoms with E-state index in [0.717, 1.165) is 44.2 Å². The molecule has 386 valence electrons. The largest absolute Gasteiger partial charge is 0.344 e. The monoisotopic (exact) mass is 1060 g/mol. The van der Waals surface area contributed by atoms with Crippen molar-refractivity contribution in [1.29, 1.82) is 0 Å². The highest BCUT2D eigenvalue weighted by molar-refractivity contribution is 7.91. The first-order valence-electron chi connectivity index (χ1n) is 22.9. The number of nitrogens with zero attached hydrogens (tertiary/aromatic N) is 2. The molecule has 3 aromatic rings. The first-order valence-corrected chi connectivity index (χ1v) is 26.7. The lowest BCUT2D eigenvalue weighted by Gasteiger charge is -2.31. The third kappa shape index (κ3) is 17.4. The van der Waals surface area contributed by atoms with Crippen molar-refractivity contribution in [3.05, 3.63) is 82.4 Å². The molecule has 0 saturated heterocycles. The smallest absolute Gasteiger partial charge is 0.290 e. The van der Waals surface area contributed by atoms with Crippen LogP contribution in [0.15, 0.2) is 70.8 Å². The number of rotatable bonds is 24. The molecule has 0 spiro atoms. The Morgan fingerprint density at radius 3 is 1.92 bits per heavy atom. The van der Waals surface area contributed by atoms with Crippen molar-refractivity contribution in [2.75, 3.05) is 6.54 Å². The van der Waals surface area contributed by atoms with E-state index < -0.39 is 119 Å². The molecule has 1 heterocycles. The Morgan fingerprint density at radius 1 is 0.690 bits per heavy atom. The molecule has 7 N–H and O–H groups in total. The van der Waals surface area contributed by atoms with Crippen LogP contribution in [0.5, 0.6) is 0 Å². The molecule has 4 rings (SSSR count). The van der Waals surface area contributed by atoms with Crippen LogP contribution < -0.4 is 36.0 Å². The number of halogens is 2. The average molecular weight is 1070 g/mol. The van der Waals surface area contributed by atoms with Crippen molar-refractivity contribution in [1.82, 2.24) is 46.0 Å². The van der Waals surface area contributed by atoms with Crippen LogP contribution in [0.4, 0.5) is 0 Å². The minimum absolute atomic E-state index is 0.0105. The van der Waals surface area contributed by atoms with E-state index in [-0.39, 0.29) is 47.4 Å². The van der Waals surface area contributed by atoms with E-state index in [1.54, 1.807) is 16.4 Å². The molecule has 1 aliphatic rings. The van der Waals surface area contributed by atoms with E-state index in [1.165, 1.54) is 49.8 Å². The molecule has 0 aliphatic heterocycles. The van der Waals surface area contributed by atoms with Gasteiger partial charge in [-0.15, -0.1) is 0 Å². The van der Waals surface area contributed by atoms with Crippen LogP contribution in [-0.4, -0.2) is 105 Å². The maximum absolute atomic E-state index is 14.2. The van der Waals surface area contributed by atoms with Gasteiger partial charge in [-0.3, -0.25) is 43.3 Å². The summed E-state index contributed by atoms with van der Waals surface area (Å²) in [7, 11) is -9.62. The molecule has 21 nitrogen and oxygen atoms in total. The molecule has 2 aromatic carbocycles. The third-order valence-electron chi connectivity index (χ3n) is 11.5. The summed E-state index contributed by atoms with van der Waals surface area (Å²) in [5.41, 5.74) is -0.130. The summed E-state index contributed by atoms with van der Waals surface area (Å²) in [6, 6.07) is 2.75. The fraction of sp³-hybridized carbons (Fsp3) is 0.478. The molecule has 0 bridgehead atoms. The van der Waals surface area contributed by atoms with Gasteiger partial charge in [0.2, 0.25) is 23.5 Å². The van der Waals surface area contributed by atoms with Gasteiger partial charge in [-0.25, -0.2) is 31.3 Å². The number of hydrogen-bond donors (Lipinski definition) is 7. The number of hydrogen-bond acceptors (Lipinski definition) is 14. The number of Topliss-reactive ketones (excluding diaryl/α,β-unsaturated/α-hetero) is 1. The topological polar surface area (TPSA) is 315 Å². The molecule has 25 heteroatoms. The first-order chi connectivity index (χ1) is 33.4. The van der Waals surface area contributed by atoms with E-state index in [2.05, 4.69) is 31.2 Å². The summed E-state index contributed by atoms with van der Waals surface area (Å²) >= 11 is 11.9. The normalized spacial score (nSPS) is 15.2. The van der Waals surface area contributed by atoms with Gasteiger partial charge in [0.25, 0.3) is 43.7 Å². The van der Waals surface area contributed by atoms with Crippen molar-refractivity contribution >= 4 is 90.4 Å². The molecule has 0 radical (unpaired) electrons. The Hall–Kier alpha value is -6.04. The van der Waals surface area contributed by atoms with Gasteiger partial charge in [0.05, 0.1) is 28.6 Å². The summed E-state index contributed by atoms with van der Waals surface area (Å²) < 4.78 is 56.0. The number of carbonyl (C=O) groups is 8. The highest BCUT2D eigenvalue weighted by Crippen LogP contribution is 2.28. The van der Waals surface area contributed by atoms with Gasteiger partial charge in [-0.05, 0) is 73.4 Å². The first kappa shape index (κ1) is 57.5. The van der Waals surface area contributed by atoms with Crippen LogP contribution in [0.25, 0.3) is 0 Å². The Labute approximate surface area is 422 Å². The summed E-state index contributed by atoms with van der Waals surface area (Å²) in [6.07, 6.45) is 9.01. The molecule has 1 fully saturated rings. The second-order valence-electron chi connectivity index (χ2n) is 17.5. The van der Waals surface area contributed by atoms with Crippen LogP contribution in [0.3, 0.4) is 0 Å². The number of nitrogens with one attached hydrogen (secondary N) is 7. The van der Waals surface area contributed by atoms with Gasteiger partial charge in [0.1, 0.15) is 23.8 Å². The molecular formula is C46H59Cl2N9O12S2. The molecule has 71 heavy (non-hydrogen) atoms. The molecule has 7 amide bonds. The number of benzene rings is 2. The van der Waals surface area contributed by atoms with Gasteiger partial charge in [0.15, 0.2) is 0 Å². The minimum Gasteiger partial charge on any atom is -0.344 e. The fourth-order valence-electron chi connectivity index (χ4n) is 7.55. The van der Waals surface area contributed by atoms with Crippen LogP contribution in [0, 0.1) is 17.8 Å². The highest BCUT2D eigenvalue weighted by atomic mass is 35.5. The van der Waals surface area contributed by atoms with E-state index in [1.807, 2.05) is 26.1 Å². The second-order valence-corrected chi connectivity index (χ2v) is 21.8. The van der Waals surface area contributed by atoms with E-state index >= 15 is 0 Å². The van der Waals surface area contributed by atoms with E-state index in [9.17, 15) is 55.2 Å². The molecule has 5 unspecified atom stereocenters. The maximum atomic E-state index is 14.2. The maximum Gasteiger partial charge on any atom is 0.290 e. The van der Waals surface area contributed by atoms with Crippen molar-refractivity contribution in [2.45, 2.75) is 126 Å². The summed E-state index contributed by atoms with van der Waals surface area (Å²) in [5.74, 6) is -8.27. The standard InChI is InChI=1S/C46H59Cl2N9O12S2/c1-6-27(5)39(55-43(62)35(18-26(3)4)53-44(63)37-24-49-16-17-50-37)45(64)54-36(19-28-12-9-8-10-13-28)42(61)52-34(7-2)40(59)46(65)51-25-38(58)56-70(66,67)32-21-31(48)22-33(23-32)71(68,69)57-41(60)29-14-11-15-30(47)20-29/h11,14-17,20-24,26-28,34-36,39H,6-10,12-13,18-19,25H2,1-5H3,(H,51,65)(H,52,61)(H,53,63)(H,54,64)(H,55,62)(H,56,58)(H,57,60). The van der Waals surface area contributed by atoms with Crippen LogP contribution >= 0.6 is 23.2 Å². The molecule has 1 aromatic heterocycles. The second kappa shape index (κ2) is 26.4. The van der Waals surface area contributed by atoms with Crippen LogP contribution in [0.2, 0.25) is 10.0 Å². The Kier molecular flexibility index (Phi) is 21.4. The Balaban J connectivity index is 1.43. The highest BCUT2D eigenvalue weighted by Gasteiger charge is 2.36. The summed E-state index contributed by atoms with van der Waals surface area (Å²) in [6.45, 7) is 7.70. The van der Waals surface area contributed by atoms with Gasteiger partial charge in [0, 0.05) is 28.0 Å². The fourth-order valence-corrected chi connectivity index (χ4v) is 10.3. The number of carbonyl (C=O) groups excluding carboxylic acids is 8. The lowest BCUT2D eigenvalue weighted by Crippen LogP contribution is -2.60. The van der Waals surface area contributed by atoms with Crippen molar-refractivity contribution < 1.29 is 55.2 Å². The zero-order valence-electron chi connectivity index (χ0n) is 39.8.